The standard InChI is InChI=1S/C18H18ClN3O2.C13H11ClN2O3/c1-5-18(2,3)22-17(23)13-7-6-10-20-16(13)21-12-8-9-15(24-4)14(19)11-12;1-19-11-5-4-8(7-10(11)14)16-12-9(13(17)18)3-2-6-15-12/h1,6-11H,2-4H3,(H,20,21)(H,22,23);2-7H,1H3,(H,15,16)(H,17,18). The lowest BCUT2D eigenvalue weighted by molar-refractivity contribution is 0.0697. The number of rotatable bonds is 9. The number of methoxy groups -OCH3 is 2. The van der Waals surface area contributed by atoms with Gasteiger partial charge in [-0.05, 0) is 74.5 Å². The third-order valence-electron chi connectivity index (χ3n) is 5.71. The number of benzene rings is 2. The molecule has 0 atom stereocenters. The highest BCUT2D eigenvalue weighted by Crippen LogP contribution is 2.30. The van der Waals surface area contributed by atoms with Crippen LogP contribution in [0.25, 0.3) is 0 Å². The molecular formula is C31H29Cl2N5O5. The van der Waals surface area contributed by atoms with Crippen molar-refractivity contribution in [3.63, 3.8) is 0 Å². The van der Waals surface area contributed by atoms with Gasteiger partial charge in [-0.2, -0.15) is 0 Å². The Labute approximate surface area is 259 Å². The minimum atomic E-state index is -1.05. The summed E-state index contributed by atoms with van der Waals surface area (Å²) in [7, 11) is 3.07. The second kappa shape index (κ2) is 14.8. The van der Waals surface area contributed by atoms with Crippen LogP contribution < -0.4 is 25.4 Å². The summed E-state index contributed by atoms with van der Waals surface area (Å²) in [6.07, 6.45) is 8.52. The largest absolute Gasteiger partial charge is 0.495 e. The van der Waals surface area contributed by atoms with E-state index in [2.05, 4.69) is 31.8 Å². The number of nitrogens with one attached hydrogen (secondary N) is 3. The second-order valence-corrected chi connectivity index (χ2v) is 10.1. The molecule has 4 aromatic rings. The first-order chi connectivity index (χ1) is 20.5. The molecule has 0 aliphatic carbocycles. The lowest BCUT2D eigenvalue weighted by Gasteiger charge is -2.20. The molecule has 4 rings (SSSR count). The number of carboxylic acids is 1. The normalized spacial score (nSPS) is 10.3. The van der Waals surface area contributed by atoms with Gasteiger partial charge in [-0.3, -0.25) is 4.79 Å². The first-order valence-electron chi connectivity index (χ1n) is 12.6. The van der Waals surface area contributed by atoms with E-state index in [1.165, 1.54) is 19.4 Å². The average Bonchev–Trinajstić information content (AvgIpc) is 2.98. The van der Waals surface area contributed by atoms with E-state index in [-0.39, 0.29) is 17.3 Å². The highest BCUT2D eigenvalue weighted by Gasteiger charge is 2.21. The number of anilines is 4. The number of nitrogens with zero attached hydrogens (tertiary/aromatic N) is 2. The second-order valence-electron chi connectivity index (χ2n) is 9.28. The van der Waals surface area contributed by atoms with E-state index in [0.717, 1.165) is 0 Å². The number of hydrogen-bond donors (Lipinski definition) is 4. The Balaban J connectivity index is 0.000000242. The third kappa shape index (κ3) is 9.00. The molecule has 0 aliphatic rings. The highest BCUT2D eigenvalue weighted by atomic mass is 35.5. The fourth-order valence-corrected chi connectivity index (χ4v) is 4.03. The van der Waals surface area contributed by atoms with Gasteiger partial charge in [0.15, 0.2) is 0 Å². The number of aromatic carboxylic acids is 1. The molecule has 4 N–H and O–H groups in total. The predicted octanol–water partition coefficient (Wildman–Crippen LogP) is 6.81. The molecule has 0 saturated heterocycles. The Hall–Kier alpha value is -4.98. The van der Waals surface area contributed by atoms with Crippen LogP contribution in [0.5, 0.6) is 11.5 Å². The van der Waals surface area contributed by atoms with Crippen molar-refractivity contribution in [2.45, 2.75) is 19.4 Å². The molecule has 222 valence electrons. The summed E-state index contributed by atoms with van der Waals surface area (Å²) < 4.78 is 10.2. The molecule has 0 aliphatic heterocycles. The van der Waals surface area contributed by atoms with Crippen LogP contribution in [0.3, 0.4) is 0 Å². The van der Waals surface area contributed by atoms with Crippen molar-refractivity contribution >= 4 is 58.1 Å². The summed E-state index contributed by atoms with van der Waals surface area (Å²) in [5, 5.41) is 18.7. The lowest BCUT2D eigenvalue weighted by Crippen LogP contribution is -2.42. The fraction of sp³-hybridized carbons (Fsp3) is 0.161. The van der Waals surface area contributed by atoms with Crippen molar-refractivity contribution in [3.8, 4) is 23.8 Å². The van der Waals surface area contributed by atoms with E-state index in [4.69, 9.17) is 44.2 Å². The van der Waals surface area contributed by atoms with E-state index in [0.29, 0.717) is 44.3 Å². The minimum Gasteiger partial charge on any atom is -0.495 e. The van der Waals surface area contributed by atoms with Gasteiger partial charge >= 0.3 is 5.97 Å². The maximum absolute atomic E-state index is 12.5. The number of amides is 1. The summed E-state index contributed by atoms with van der Waals surface area (Å²) in [5.74, 6) is 2.95. The van der Waals surface area contributed by atoms with Crippen molar-refractivity contribution in [1.29, 1.82) is 0 Å². The summed E-state index contributed by atoms with van der Waals surface area (Å²) in [6, 6.07) is 16.7. The number of carboxylic acid groups (broad SMARTS) is 1. The van der Waals surface area contributed by atoms with Gasteiger partial charge in [0.2, 0.25) is 0 Å². The first kappa shape index (κ1) is 32.5. The zero-order chi connectivity index (χ0) is 31.6. The van der Waals surface area contributed by atoms with E-state index < -0.39 is 11.5 Å². The molecule has 43 heavy (non-hydrogen) atoms. The van der Waals surface area contributed by atoms with Gasteiger partial charge in [-0.1, -0.05) is 29.1 Å². The molecule has 1 amide bonds. The summed E-state index contributed by atoms with van der Waals surface area (Å²) >= 11 is 12.1. The van der Waals surface area contributed by atoms with Crippen LogP contribution in [0.15, 0.2) is 73.1 Å². The van der Waals surface area contributed by atoms with Crippen LogP contribution in [-0.4, -0.2) is 46.7 Å². The van der Waals surface area contributed by atoms with Gasteiger partial charge in [-0.15, -0.1) is 6.42 Å². The van der Waals surface area contributed by atoms with E-state index in [1.54, 1.807) is 81.8 Å². The van der Waals surface area contributed by atoms with Crippen molar-refractivity contribution in [2.75, 3.05) is 24.9 Å². The predicted molar refractivity (Wildman–Crippen MR) is 168 cm³/mol. The van der Waals surface area contributed by atoms with E-state index in [9.17, 15) is 9.59 Å². The molecule has 0 fully saturated rings. The first-order valence-corrected chi connectivity index (χ1v) is 13.4. The van der Waals surface area contributed by atoms with Crippen molar-refractivity contribution in [3.05, 3.63) is 94.2 Å². The van der Waals surface area contributed by atoms with Gasteiger partial charge in [-0.25, -0.2) is 14.8 Å². The third-order valence-corrected chi connectivity index (χ3v) is 6.30. The number of pyridine rings is 2. The Kier molecular flexibility index (Phi) is 11.2. The van der Waals surface area contributed by atoms with Crippen LogP contribution >= 0.6 is 23.2 Å². The molecule has 2 aromatic heterocycles. The molecule has 0 saturated carbocycles. The van der Waals surface area contributed by atoms with Gasteiger partial charge in [0.1, 0.15) is 28.7 Å². The monoisotopic (exact) mass is 621 g/mol. The van der Waals surface area contributed by atoms with Crippen molar-refractivity contribution in [1.82, 2.24) is 15.3 Å². The fourth-order valence-electron chi connectivity index (χ4n) is 3.51. The molecule has 0 bridgehead atoms. The molecule has 0 spiro atoms. The average molecular weight is 623 g/mol. The molecule has 10 nitrogen and oxygen atoms in total. The molecule has 2 aromatic carbocycles. The molecule has 0 unspecified atom stereocenters. The number of hydrogen-bond acceptors (Lipinski definition) is 8. The minimum absolute atomic E-state index is 0.0921. The zero-order valence-corrected chi connectivity index (χ0v) is 25.2. The van der Waals surface area contributed by atoms with Crippen molar-refractivity contribution in [2.24, 2.45) is 0 Å². The van der Waals surface area contributed by atoms with Gasteiger partial charge in [0.25, 0.3) is 5.91 Å². The summed E-state index contributed by atoms with van der Waals surface area (Å²) in [4.78, 5) is 31.7. The van der Waals surface area contributed by atoms with Crippen LogP contribution in [0.2, 0.25) is 10.0 Å². The highest BCUT2D eigenvalue weighted by molar-refractivity contribution is 6.32. The molecule has 2 heterocycles. The number of terminal acetylenes is 1. The zero-order valence-electron chi connectivity index (χ0n) is 23.7. The topological polar surface area (TPSA) is 135 Å². The Morgan fingerprint density at radius 3 is 1.72 bits per heavy atom. The number of halogens is 2. The Morgan fingerprint density at radius 1 is 0.837 bits per heavy atom. The molecule has 0 radical (unpaired) electrons. The SMILES string of the molecule is C#CC(C)(C)NC(=O)c1cccnc1Nc1ccc(OC)c(Cl)c1.COc1ccc(Nc2ncccc2C(=O)O)cc1Cl. The Bertz CT molecular complexity index is 1660. The molecule has 12 heteroatoms. The maximum atomic E-state index is 12.5. The quantitative estimate of drug-likeness (QED) is 0.148. The lowest BCUT2D eigenvalue weighted by atomic mass is 10.1. The van der Waals surface area contributed by atoms with Crippen LogP contribution in [0.1, 0.15) is 34.6 Å². The number of ether oxygens (including phenoxy) is 2. The van der Waals surface area contributed by atoms with Crippen LogP contribution in [0, 0.1) is 12.3 Å². The van der Waals surface area contributed by atoms with Gasteiger partial charge < -0.3 is 30.5 Å². The Morgan fingerprint density at radius 2 is 1.30 bits per heavy atom. The van der Waals surface area contributed by atoms with Gasteiger partial charge in [0.05, 0.1) is 35.4 Å². The maximum Gasteiger partial charge on any atom is 0.339 e. The van der Waals surface area contributed by atoms with E-state index >= 15 is 0 Å². The van der Waals surface area contributed by atoms with E-state index in [1.807, 2.05) is 0 Å². The smallest absolute Gasteiger partial charge is 0.339 e. The van der Waals surface area contributed by atoms with Crippen LogP contribution in [-0.2, 0) is 0 Å². The number of aromatic nitrogens is 2. The molecular weight excluding hydrogens is 593 g/mol. The summed E-state index contributed by atoms with van der Waals surface area (Å²) in [5.41, 5.74) is 1.03. The number of carbonyl (C=O) groups is 2. The number of carbonyl (C=O) groups excluding carboxylic acids is 1. The van der Waals surface area contributed by atoms with Crippen molar-refractivity contribution < 1.29 is 24.2 Å². The van der Waals surface area contributed by atoms with Gasteiger partial charge in [0, 0.05) is 23.8 Å². The summed E-state index contributed by atoms with van der Waals surface area (Å²) in [6.45, 7) is 3.50. The van der Waals surface area contributed by atoms with Crippen LogP contribution in [0.4, 0.5) is 23.0 Å².